The van der Waals surface area contributed by atoms with Gasteiger partial charge in [-0.3, -0.25) is 0 Å². The number of nitrogens with two attached hydrogens (primary N) is 1. The van der Waals surface area contributed by atoms with Gasteiger partial charge in [-0.05, 0) is 35.7 Å². The number of halogens is 1. The first-order chi connectivity index (χ1) is 14.0. The van der Waals surface area contributed by atoms with Crippen molar-refractivity contribution in [1.29, 1.82) is 0 Å². The van der Waals surface area contributed by atoms with Crippen LogP contribution in [0, 0.1) is 11.7 Å². The van der Waals surface area contributed by atoms with Crippen LogP contribution in [0.1, 0.15) is 19.4 Å². The number of nitrogen functional groups attached to an aromatic ring is 1. The zero-order chi connectivity index (χ0) is 20.4. The Morgan fingerprint density at radius 2 is 1.76 bits per heavy atom. The third-order valence-electron chi connectivity index (χ3n) is 4.60. The molecule has 6 nitrogen and oxygen atoms in total. The lowest BCUT2D eigenvalue weighted by molar-refractivity contribution is 0.628. The second kappa shape index (κ2) is 7.87. The molecule has 0 saturated heterocycles. The van der Waals surface area contributed by atoms with Crippen molar-refractivity contribution in [3.8, 4) is 11.3 Å². The number of anilines is 2. The molecular weight excluding hydrogens is 367 g/mol. The normalized spacial score (nSPS) is 11.3. The van der Waals surface area contributed by atoms with Crippen LogP contribution in [0.5, 0.6) is 0 Å². The van der Waals surface area contributed by atoms with Gasteiger partial charge in [-0.2, -0.15) is 4.98 Å². The average molecular weight is 390 g/mol. The summed E-state index contributed by atoms with van der Waals surface area (Å²) >= 11 is 0. The molecule has 0 aliphatic heterocycles. The Labute approximate surface area is 168 Å². The fraction of sp³-hybridized carbons (Fsp3) is 0.227. The highest BCUT2D eigenvalue weighted by Crippen LogP contribution is 2.32. The third kappa shape index (κ3) is 4.03. The molecule has 148 valence electrons. The number of hydrogen-bond donors (Lipinski definition) is 2. The molecule has 0 fully saturated rings. The van der Waals surface area contributed by atoms with Crippen LogP contribution in [-0.2, 0) is 6.54 Å². The largest absolute Gasteiger partial charge is 0.383 e. The average Bonchev–Trinajstić information content (AvgIpc) is 3.02. The summed E-state index contributed by atoms with van der Waals surface area (Å²) < 4.78 is 15.2. The van der Waals surface area contributed by atoms with Crippen molar-refractivity contribution in [2.24, 2.45) is 5.92 Å². The number of aromatic nitrogens is 4. The van der Waals surface area contributed by atoms with Gasteiger partial charge in [0.25, 0.3) is 0 Å². The van der Waals surface area contributed by atoms with E-state index in [0.717, 1.165) is 17.7 Å². The van der Waals surface area contributed by atoms with Crippen molar-refractivity contribution in [3.63, 3.8) is 0 Å². The van der Waals surface area contributed by atoms with Crippen LogP contribution in [-0.4, -0.2) is 26.3 Å². The van der Waals surface area contributed by atoms with Crippen LogP contribution in [0.25, 0.3) is 22.3 Å². The Balaban J connectivity index is 1.84. The zero-order valence-corrected chi connectivity index (χ0v) is 16.4. The summed E-state index contributed by atoms with van der Waals surface area (Å²) in [7, 11) is 0. The molecule has 4 rings (SSSR count). The van der Waals surface area contributed by atoms with Gasteiger partial charge in [-0.1, -0.05) is 44.2 Å². The number of fused-ring (bicyclic) bond motifs is 1. The number of rotatable bonds is 6. The molecular formula is C22H23FN6. The van der Waals surface area contributed by atoms with E-state index >= 15 is 0 Å². The summed E-state index contributed by atoms with van der Waals surface area (Å²) in [6.45, 7) is 5.48. The minimum absolute atomic E-state index is 0.301. The van der Waals surface area contributed by atoms with Gasteiger partial charge < -0.3 is 11.1 Å². The molecule has 0 unspecified atom stereocenters. The van der Waals surface area contributed by atoms with Gasteiger partial charge in [0.2, 0.25) is 5.95 Å². The SMILES string of the molecule is CC(C)CNc1nc(-c2ccc(F)cc2)c2c(N)n(Cc3ccccc3)nc2n1. The van der Waals surface area contributed by atoms with Crippen LogP contribution in [0.2, 0.25) is 0 Å². The Kier molecular flexibility index (Phi) is 5.12. The molecule has 3 N–H and O–H groups in total. The van der Waals surface area contributed by atoms with Crippen molar-refractivity contribution in [2.75, 3.05) is 17.6 Å². The summed E-state index contributed by atoms with van der Waals surface area (Å²) in [6, 6.07) is 16.2. The van der Waals surface area contributed by atoms with E-state index in [2.05, 4.69) is 34.2 Å². The molecule has 7 heteroatoms. The van der Waals surface area contributed by atoms with Crippen LogP contribution >= 0.6 is 0 Å². The number of hydrogen-bond acceptors (Lipinski definition) is 5. The predicted molar refractivity (Wildman–Crippen MR) is 114 cm³/mol. The zero-order valence-electron chi connectivity index (χ0n) is 16.4. The van der Waals surface area contributed by atoms with Crippen LogP contribution in [0.15, 0.2) is 54.6 Å². The molecule has 0 bridgehead atoms. The molecule has 0 atom stereocenters. The number of benzene rings is 2. The highest BCUT2D eigenvalue weighted by atomic mass is 19.1. The molecule has 2 heterocycles. The van der Waals surface area contributed by atoms with Crippen molar-refractivity contribution >= 4 is 22.8 Å². The van der Waals surface area contributed by atoms with E-state index in [1.165, 1.54) is 12.1 Å². The Morgan fingerprint density at radius 1 is 1.03 bits per heavy atom. The van der Waals surface area contributed by atoms with Crippen molar-refractivity contribution in [3.05, 3.63) is 66.0 Å². The summed E-state index contributed by atoms with van der Waals surface area (Å²) in [6.07, 6.45) is 0. The maximum atomic E-state index is 13.4. The monoisotopic (exact) mass is 390 g/mol. The first-order valence-electron chi connectivity index (χ1n) is 9.59. The maximum absolute atomic E-state index is 13.4. The smallest absolute Gasteiger partial charge is 0.225 e. The third-order valence-corrected chi connectivity index (χ3v) is 4.60. The number of nitrogens with one attached hydrogen (secondary N) is 1. The van der Waals surface area contributed by atoms with Gasteiger partial charge >= 0.3 is 0 Å². The molecule has 0 spiro atoms. The fourth-order valence-corrected chi connectivity index (χ4v) is 3.12. The molecule has 0 radical (unpaired) electrons. The molecule has 0 saturated carbocycles. The van der Waals surface area contributed by atoms with Crippen LogP contribution < -0.4 is 11.1 Å². The number of nitrogens with zero attached hydrogens (tertiary/aromatic N) is 4. The van der Waals surface area contributed by atoms with Gasteiger partial charge in [-0.25, -0.2) is 14.1 Å². The predicted octanol–water partition coefficient (Wildman–Crippen LogP) is 4.33. The van der Waals surface area contributed by atoms with Crippen LogP contribution in [0.4, 0.5) is 16.2 Å². The van der Waals surface area contributed by atoms with E-state index in [9.17, 15) is 4.39 Å². The minimum Gasteiger partial charge on any atom is -0.383 e. The summed E-state index contributed by atoms with van der Waals surface area (Å²) in [4.78, 5) is 9.24. The topological polar surface area (TPSA) is 81.6 Å². The summed E-state index contributed by atoms with van der Waals surface area (Å²) in [5, 5.41) is 8.54. The van der Waals surface area contributed by atoms with E-state index in [-0.39, 0.29) is 5.82 Å². The molecule has 29 heavy (non-hydrogen) atoms. The van der Waals surface area contributed by atoms with E-state index in [1.54, 1.807) is 16.8 Å². The molecule has 4 aromatic rings. The van der Waals surface area contributed by atoms with E-state index in [0.29, 0.717) is 41.0 Å². The summed E-state index contributed by atoms with van der Waals surface area (Å²) in [5.74, 6) is 1.10. The maximum Gasteiger partial charge on any atom is 0.225 e. The first kappa shape index (κ1) is 18.9. The highest BCUT2D eigenvalue weighted by Gasteiger charge is 2.18. The lowest BCUT2D eigenvalue weighted by Crippen LogP contribution is -2.11. The van der Waals surface area contributed by atoms with Crippen LogP contribution in [0.3, 0.4) is 0 Å². The second-order valence-electron chi connectivity index (χ2n) is 7.40. The van der Waals surface area contributed by atoms with E-state index in [4.69, 9.17) is 5.73 Å². The van der Waals surface area contributed by atoms with Crippen molar-refractivity contribution < 1.29 is 4.39 Å². The van der Waals surface area contributed by atoms with Gasteiger partial charge in [0.15, 0.2) is 5.65 Å². The quantitative estimate of drug-likeness (QED) is 0.512. The Morgan fingerprint density at radius 3 is 2.45 bits per heavy atom. The van der Waals surface area contributed by atoms with Crippen molar-refractivity contribution in [1.82, 2.24) is 19.7 Å². The highest BCUT2D eigenvalue weighted by molar-refractivity contribution is 5.98. The Bertz CT molecular complexity index is 1120. The van der Waals surface area contributed by atoms with E-state index < -0.39 is 0 Å². The van der Waals surface area contributed by atoms with Gasteiger partial charge in [0, 0.05) is 12.1 Å². The minimum atomic E-state index is -0.301. The molecule has 0 aliphatic rings. The molecule has 2 aromatic carbocycles. The van der Waals surface area contributed by atoms with Gasteiger partial charge in [0.05, 0.1) is 17.6 Å². The molecule has 0 amide bonds. The Hall–Kier alpha value is -3.48. The lowest BCUT2D eigenvalue weighted by Gasteiger charge is -2.10. The lowest BCUT2D eigenvalue weighted by atomic mass is 10.1. The standard InChI is InChI=1S/C22H23FN6/c1-14(2)12-25-22-26-19(16-8-10-17(23)11-9-16)18-20(24)29(28-21(18)27-22)13-15-6-4-3-5-7-15/h3-11,14H,12-13,24H2,1-2H3,(H,25,27,28). The van der Waals surface area contributed by atoms with Gasteiger partial charge in [-0.15, -0.1) is 5.10 Å². The first-order valence-corrected chi connectivity index (χ1v) is 9.59. The molecule has 2 aromatic heterocycles. The van der Waals surface area contributed by atoms with Gasteiger partial charge in [0.1, 0.15) is 11.6 Å². The summed E-state index contributed by atoms with van der Waals surface area (Å²) in [5.41, 5.74) is 9.45. The van der Waals surface area contributed by atoms with Crippen molar-refractivity contribution in [2.45, 2.75) is 20.4 Å². The second-order valence-corrected chi connectivity index (χ2v) is 7.40. The molecule has 0 aliphatic carbocycles. The fourth-order valence-electron chi connectivity index (χ4n) is 3.12. The van der Waals surface area contributed by atoms with E-state index in [1.807, 2.05) is 30.3 Å².